The van der Waals surface area contributed by atoms with Crippen molar-refractivity contribution in [3.8, 4) is 5.75 Å². The molecule has 0 atom stereocenters. The first-order valence-electron chi connectivity index (χ1n) is 6.40. The van der Waals surface area contributed by atoms with Crippen LogP contribution in [0.5, 0.6) is 5.75 Å². The van der Waals surface area contributed by atoms with E-state index >= 15 is 0 Å². The predicted molar refractivity (Wildman–Crippen MR) is 88.7 cm³/mol. The van der Waals surface area contributed by atoms with Crippen LogP contribution in [0.1, 0.15) is 5.69 Å². The number of halogens is 1. The van der Waals surface area contributed by atoms with Crippen LogP contribution < -0.4 is 10.1 Å². The number of thiazole rings is 1. The lowest BCUT2D eigenvalue weighted by Gasteiger charge is -2.06. The number of rotatable bonds is 4. The van der Waals surface area contributed by atoms with E-state index in [1.165, 1.54) is 6.08 Å². The number of nitrogens with one attached hydrogen (secondary N) is 1. The number of methoxy groups -OCH3 is 1. The van der Waals surface area contributed by atoms with Crippen molar-refractivity contribution < 1.29 is 9.53 Å². The summed E-state index contributed by atoms with van der Waals surface area (Å²) in [6, 6.07) is 5.07. The van der Waals surface area contributed by atoms with Crippen LogP contribution in [-0.4, -0.2) is 22.4 Å². The SMILES string of the molecule is COc1ccc(NC(=O)/C=C/c2cnc3sccn23)cc1Cl. The number of carbonyl (C=O) groups is 1. The molecule has 1 amide bonds. The highest BCUT2D eigenvalue weighted by Gasteiger charge is 2.05. The van der Waals surface area contributed by atoms with Gasteiger partial charge in [0.25, 0.3) is 0 Å². The number of amides is 1. The number of nitrogens with zero attached hydrogens (tertiary/aromatic N) is 2. The first kappa shape index (κ1) is 14.6. The lowest BCUT2D eigenvalue weighted by molar-refractivity contribution is -0.111. The highest BCUT2D eigenvalue weighted by atomic mass is 35.5. The van der Waals surface area contributed by atoms with E-state index in [-0.39, 0.29) is 5.91 Å². The quantitative estimate of drug-likeness (QED) is 0.740. The number of hydrogen-bond acceptors (Lipinski definition) is 4. The molecule has 0 radical (unpaired) electrons. The largest absolute Gasteiger partial charge is 0.495 e. The van der Waals surface area contributed by atoms with E-state index in [0.717, 1.165) is 10.7 Å². The van der Waals surface area contributed by atoms with Crippen molar-refractivity contribution in [2.24, 2.45) is 0 Å². The Kier molecular flexibility index (Phi) is 4.13. The number of anilines is 1. The Morgan fingerprint density at radius 3 is 3.14 bits per heavy atom. The molecule has 0 saturated carbocycles. The van der Waals surface area contributed by atoms with E-state index in [9.17, 15) is 4.79 Å². The molecular formula is C15H12ClN3O2S. The smallest absolute Gasteiger partial charge is 0.248 e. The van der Waals surface area contributed by atoms with E-state index in [0.29, 0.717) is 16.5 Å². The third-order valence-electron chi connectivity index (χ3n) is 3.00. The van der Waals surface area contributed by atoms with Crippen molar-refractivity contribution in [2.75, 3.05) is 12.4 Å². The highest BCUT2D eigenvalue weighted by molar-refractivity contribution is 7.15. The monoisotopic (exact) mass is 333 g/mol. The number of imidazole rings is 1. The van der Waals surface area contributed by atoms with Crippen LogP contribution in [0, 0.1) is 0 Å². The Labute approximate surface area is 135 Å². The number of hydrogen-bond donors (Lipinski definition) is 1. The molecule has 5 nitrogen and oxygen atoms in total. The van der Waals surface area contributed by atoms with E-state index < -0.39 is 0 Å². The van der Waals surface area contributed by atoms with Crippen LogP contribution in [0.2, 0.25) is 5.02 Å². The molecule has 3 rings (SSSR count). The molecule has 0 saturated heterocycles. The van der Waals surface area contributed by atoms with Gasteiger partial charge in [0.2, 0.25) is 5.91 Å². The summed E-state index contributed by atoms with van der Waals surface area (Å²) in [5.41, 5.74) is 1.45. The van der Waals surface area contributed by atoms with Crippen LogP contribution in [0.15, 0.2) is 42.0 Å². The van der Waals surface area contributed by atoms with Gasteiger partial charge in [0.15, 0.2) is 4.96 Å². The standard InChI is InChI=1S/C15H12ClN3O2S/c1-21-13-4-2-10(8-12(13)16)18-14(20)5-3-11-9-17-15-19(11)6-7-22-15/h2-9H,1H3,(H,18,20)/b5-3+. The molecule has 3 aromatic rings. The molecule has 0 unspecified atom stereocenters. The molecule has 22 heavy (non-hydrogen) atoms. The van der Waals surface area contributed by atoms with Crippen LogP contribution >= 0.6 is 22.9 Å². The fourth-order valence-electron chi connectivity index (χ4n) is 1.96. The number of fused-ring (bicyclic) bond motifs is 1. The van der Waals surface area contributed by atoms with Crippen LogP contribution in [0.25, 0.3) is 11.0 Å². The van der Waals surface area contributed by atoms with Crippen molar-refractivity contribution >= 4 is 45.6 Å². The summed E-state index contributed by atoms with van der Waals surface area (Å²) < 4.78 is 6.98. The minimum atomic E-state index is -0.244. The summed E-state index contributed by atoms with van der Waals surface area (Å²) in [4.78, 5) is 17.1. The molecule has 7 heteroatoms. The number of aromatic nitrogens is 2. The highest BCUT2D eigenvalue weighted by Crippen LogP contribution is 2.27. The fourth-order valence-corrected chi connectivity index (χ4v) is 2.91. The normalized spacial score (nSPS) is 11.2. The molecule has 2 heterocycles. The Hall–Kier alpha value is -2.31. The lowest BCUT2D eigenvalue weighted by atomic mass is 10.3. The Bertz CT molecular complexity index is 853. The van der Waals surface area contributed by atoms with Gasteiger partial charge in [-0.3, -0.25) is 9.20 Å². The molecule has 2 aromatic heterocycles. The van der Waals surface area contributed by atoms with E-state index in [1.807, 2.05) is 16.0 Å². The van der Waals surface area contributed by atoms with Gasteiger partial charge in [-0.1, -0.05) is 11.6 Å². The zero-order chi connectivity index (χ0) is 15.5. The van der Waals surface area contributed by atoms with Gasteiger partial charge in [-0.05, 0) is 24.3 Å². The van der Waals surface area contributed by atoms with Gasteiger partial charge in [-0.2, -0.15) is 0 Å². The maximum absolute atomic E-state index is 11.9. The minimum Gasteiger partial charge on any atom is -0.495 e. The molecule has 1 aromatic carbocycles. The summed E-state index contributed by atoms with van der Waals surface area (Å²) in [6.45, 7) is 0. The summed E-state index contributed by atoms with van der Waals surface area (Å²) in [7, 11) is 1.54. The van der Waals surface area contributed by atoms with Gasteiger partial charge in [-0.15, -0.1) is 11.3 Å². The molecule has 0 bridgehead atoms. The van der Waals surface area contributed by atoms with Gasteiger partial charge in [0, 0.05) is 23.3 Å². The van der Waals surface area contributed by atoms with Gasteiger partial charge >= 0.3 is 0 Å². The minimum absolute atomic E-state index is 0.244. The zero-order valence-electron chi connectivity index (χ0n) is 11.6. The third-order valence-corrected chi connectivity index (χ3v) is 4.07. The first-order chi connectivity index (χ1) is 10.7. The van der Waals surface area contributed by atoms with Crippen molar-refractivity contribution in [1.29, 1.82) is 0 Å². The molecule has 1 N–H and O–H groups in total. The predicted octanol–water partition coefficient (Wildman–Crippen LogP) is 3.71. The summed E-state index contributed by atoms with van der Waals surface area (Å²) >= 11 is 7.56. The first-order valence-corrected chi connectivity index (χ1v) is 7.66. The summed E-state index contributed by atoms with van der Waals surface area (Å²) in [5, 5.41) is 5.13. The molecule has 0 aliphatic heterocycles. The number of benzene rings is 1. The summed E-state index contributed by atoms with van der Waals surface area (Å²) in [5.74, 6) is 0.320. The van der Waals surface area contributed by atoms with Crippen LogP contribution in [0.3, 0.4) is 0 Å². The van der Waals surface area contributed by atoms with Gasteiger partial charge in [0.1, 0.15) is 5.75 Å². The van der Waals surface area contributed by atoms with Crippen molar-refractivity contribution in [2.45, 2.75) is 0 Å². The van der Waals surface area contributed by atoms with E-state index in [1.54, 1.807) is 48.9 Å². The van der Waals surface area contributed by atoms with Crippen LogP contribution in [-0.2, 0) is 4.79 Å². The Morgan fingerprint density at radius 1 is 1.50 bits per heavy atom. The van der Waals surface area contributed by atoms with E-state index in [4.69, 9.17) is 16.3 Å². The molecular weight excluding hydrogens is 322 g/mol. The fraction of sp³-hybridized carbons (Fsp3) is 0.0667. The second-order valence-electron chi connectivity index (χ2n) is 4.41. The van der Waals surface area contributed by atoms with Crippen molar-refractivity contribution in [3.05, 3.63) is 52.8 Å². The number of ether oxygens (including phenoxy) is 1. The molecule has 112 valence electrons. The second kappa shape index (κ2) is 6.21. The topological polar surface area (TPSA) is 55.6 Å². The van der Waals surface area contributed by atoms with Gasteiger partial charge < -0.3 is 10.1 Å². The van der Waals surface area contributed by atoms with Gasteiger partial charge in [-0.25, -0.2) is 4.98 Å². The maximum atomic E-state index is 11.9. The lowest BCUT2D eigenvalue weighted by Crippen LogP contribution is -2.07. The average molecular weight is 334 g/mol. The molecule has 0 aliphatic rings. The molecule has 0 fully saturated rings. The third kappa shape index (κ3) is 2.98. The molecule has 0 spiro atoms. The Balaban J connectivity index is 1.71. The van der Waals surface area contributed by atoms with E-state index in [2.05, 4.69) is 10.3 Å². The average Bonchev–Trinajstić information content (AvgIpc) is 3.09. The maximum Gasteiger partial charge on any atom is 0.248 e. The van der Waals surface area contributed by atoms with Crippen molar-refractivity contribution in [3.63, 3.8) is 0 Å². The van der Waals surface area contributed by atoms with Crippen molar-refractivity contribution in [1.82, 2.24) is 9.38 Å². The van der Waals surface area contributed by atoms with Gasteiger partial charge in [0.05, 0.1) is 24.0 Å². The molecule has 0 aliphatic carbocycles. The second-order valence-corrected chi connectivity index (χ2v) is 5.69. The summed E-state index contributed by atoms with van der Waals surface area (Å²) in [6.07, 6.45) is 6.81. The number of carbonyl (C=O) groups excluding carboxylic acids is 1. The Morgan fingerprint density at radius 2 is 2.36 bits per heavy atom. The zero-order valence-corrected chi connectivity index (χ0v) is 13.2. The van der Waals surface area contributed by atoms with Crippen LogP contribution in [0.4, 0.5) is 5.69 Å².